The number of carboxylic acid groups (broad SMARTS) is 1. The van der Waals surface area contributed by atoms with Crippen molar-refractivity contribution in [2.75, 3.05) is 6.54 Å². The van der Waals surface area contributed by atoms with Crippen molar-refractivity contribution in [1.29, 1.82) is 0 Å². The first-order valence-electron chi connectivity index (χ1n) is 8.48. The second kappa shape index (κ2) is 11.0. The van der Waals surface area contributed by atoms with E-state index >= 15 is 0 Å². The molecular weight excluding hydrogens is 342 g/mol. The van der Waals surface area contributed by atoms with Crippen molar-refractivity contribution < 1.29 is 33.7 Å². The van der Waals surface area contributed by atoms with E-state index in [2.05, 4.69) is 5.32 Å². The van der Waals surface area contributed by atoms with Crippen LogP contribution in [0.15, 0.2) is 24.3 Å². The number of rotatable bonds is 10. The number of carbonyl (C=O) groups excluding carboxylic acids is 2. The van der Waals surface area contributed by atoms with Crippen LogP contribution < -0.4 is 10.1 Å². The number of hydrogen-bond acceptors (Lipinski definition) is 6. The molecule has 0 bridgehead atoms. The van der Waals surface area contributed by atoms with Crippen molar-refractivity contribution >= 4 is 18.0 Å². The molecule has 1 aromatic carbocycles. The molecule has 2 atom stereocenters. The number of benzene rings is 1. The molecular formula is C18H25NO7. The number of carbonyl (C=O) groups is 3. The van der Waals surface area contributed by atoms with Gasteiger partial charge in [0.15, 0.2) is 0 Å². The van der Waals surface area contributed by atoms with Crippen LogP contribution in [0.5, 0.6) is 5.75 Å². The SMILES string of the molecule is CCCc1cccc(O[C@@H](CNC(=O)O[C@@H](C)OC(=O)CC)C(=O)O)c1. The Bertz CT molecular complexity index is 617. The molecule has 8 nitrogen and oxygen atoms in total. The third-order valence-corrected chi connectivity index (χ3v) is 3.28. The number of alkyl carbamates (subject to hydrolysis) is 1. The first-order valence-corrected chi connectivity index (χ1v) is 8.48. The number of nitrogens with one attached hydrogen (secondary N) is 1. The van der Waals surface area contributed by atoms with E-state index in [9.17, 15) is 19.5 Å². The van der Waals surface area contributed by atoms with Crippen LogP contribution in [0.3, 0.4) is 0 Å². The smallest absolute Gasteiger partial charge is 0.410 e. The van der Waals surface area contributed by atoms with Crippen LogP contribution in [0, 0.1) is 0 Å². The van der Waals surface area contributed by atoms with E-state index in [-0.39, 0.29) is 13.0 Å². The fourth-order valence-corrected chi connectivity index (χ4v) is 2.07. The number of esters is 1. The van der Waals surface area contributed by atoms with Crippen LogP contribution in [-0.4, -0.2) is 42.1 Å². The van der Waals surface area contributed by atoms with Gasteiger partial charge in [0.05, 0.1) is 6.54 Å². The molecule has 0 radical (unpaired) electrons. The summed E-state index contributed by atoms with van der Waals surface area (Å²) in [5.74, 6) is -1.33. The Kier molecular flexibility index (Phi) is 8.97. The summed E-state index contributed by atoms with van der Waals surface area (Å²) in [7, 11) is 0. The molecule has 2 N–H and O–H groups in total. The second-order valence-electron chi connectivity index (χ2n) is 5.54. The van der Waals surface area contributed by atoms with Crippen molar-refractivity contribution in [2.45, 2.75) is 52.4 Å². The summed E-state index contributed by atoms with van der Waals surface area (Å²) in [6, 6.07) is 7.13. The van der Waals surface area contributed by atoms with Gasteiger partial charge >= 0.3 is 18.0 Å². The van der Waals surface area contributed by atoms with Gasteiger partial charge in [-0.1, -0.05) is 32.4 Å². The largest absolute Gasteiger partial charge is 0.478 e. The third kappa shape index (κ3) is 7.87. The summed E-state index contributed by atoms with van der Waals surface area (Å²) in [5, 5.41) is 11.6. The third-order valence-electron chi connectivity index (χ3n) is 3.28. The lowest BCUT2D eigenvalue weighted by molar-refractivity contribution is -0.164. The molecule has 0 heterocycles. The van der Waals surface area contributed by atoms with Crippen LogP contribution in [0.1, 0.15) is 39.2 Å². The number of ether oxygens (including phenoxy) is 3. The van der Waals surface area contributed by atoms with Gasteiger partial charge in [-0.15, -0.1) is 0 Å². The van der Waals surface area contributed by atoms with E-state index in [4.69, 9.17) is 14.2 Å². The molecule has 144 valence electrons. The molecule has 0 saturated heterocycles. The van der Waals surface area contributed by atoms with E-state index < -0.39 is 30.4 Å². The Morgan fingerprint density at radius 1 is 1.19 bits per heavy atom. The maximum absolute atomic E-state index is 11.7. The van der Waals surface area contributed by atoms with Crippen LogP contribution in [0.25, 0.3) is 0 Å². The number of aryl methyl sites for hydroxylation is 1. The van der Waals surface area contributed by atoms with Gasteiger partial charge in [0.25, 0.3) is 0 Å². The van der Waals surface area contributed by atoms with Gasteiger partial charge in [0.2, 0.25) is 12.4 Å². The molecule has 8 heteroatoms. The average molecular weight is 367 g/mol. The highest BCUT2D eigenvalue weighted by Crippen LogP contribution is 2.16. The van der Waals surface area contributed by atoms with Crippen molar-refractivity contribution in [2.24, 2.45) is 0 Å². The predicted octanol–water partition coefficient (Wildman–Crippen LogP) is 2.50. The minimum absolute atomic E-state index is 0.154. The van der Waals surface area contributed by atoms with Crippen LogP contribution in [0.4, 0.5) is 4.79 Å². The lowest BCUT2D eigenvalue weighted by Gasteiger charge is -2.18. The quantitative estimate of drug-likeness (QED) is 0.483. The fraction of sp³-hybridized carbons (Fsp3) is 0.500. The van der Waals surface area contributed by atoms with E-state index in [0.29, 0.717) is 5.75 Å². The molecule has 1 rings (SSSR count). The predicted molar refractivity (Wildman–Crippen MR) is 92.8 cm³/mol. The zero-order chi connectivity index (χ0) is 19.5. The topological polar surface area (TPSA) is 111 Å². The lowest BCUT2D eigenvalue weighted by atomic mass is 10.1. The number of hydrogen-bond donors (Lipinski definition) is 2. The van der Waals surface area contributed by atoms with Crippen molar-refractivity contribution in [3.05, 3.63) is 29.8 Å². The minimum Gasteiger partial charge on any atom is -0.478 e. The molecule has 0 aromatic heterocycles. The maximum Gasteiger partial charge on any atom is 0.410 e. The molecule has 0 aliphatic heterocycles. The lowest BCUT2D eigenvalue weighted by Crippen LogP contribution is -2.41. The van der Waals surface area contributed by atoms with E-state index in [1.165, 1.54) is 6.92 Å². The molecule has 0 aliphatic rings. The Labute approximate surface area is 152 Å². The molecule has 1 aromatic rings. The summed E-state index contributed by atoms with van der Waals surface area (Å²) < 4.78 is 15.0. The second-order valence-corrected chi connectivity index (χ2v) is 5.54. The Morgan fingerprint density at radius 3 is 2.54 bits per heavy atom. The highest BCUT2D eigenvalue weighted by molar-refractivity contribution is 5.75. The Balaban J connectivity index is 2.55. The highest BCUT2D eigenvalue weighted by Gasteiger charge is 2.22. The van der Waals surface area contributed by atoms with Crippen molar-refractivity contribution in [1.82, 2.24) is 5.32 Å². The normalized spacial score (nSPS) is 12.6. The van der Waals surface area contributed by atoms with Gasteiger partial charge < -0.3 is 24.6 Å². The molecule has 26 heavy (non-hydrogen) atoms. The summed E-state index contributed by atoms with van der Waals surface area (Å²) in [5.41, 5.74) is 1.04. The van der Waals surface area contributed by atoms with Gasteiger partial charge in [-0.25, -0.2) is 9.59 Å². The maximum atomic E-state index is 11.7. The summed E-state index contributed by atoms with van der Waals surface area (Å²) >= 11 is 0. The van der Waals surface area contributed by atoms with Crippen LogP contribution in [-0.2, 0) is 25.5 Å². The van der Waals surface area contributed by atoms with Gasteiger partial charge in [0, 0.05) is 13.3 Å². The Hall–Kier alpha value is -2.77. The Morgan fingerprint density at radius 2 is 1.92 bits per heavy atom. The van der Waals surface area contributed by atoms with Crippen molar-refractivity contribution in [3.63, 3.8) is 0 Å². The molecule has 1 amide bonds. The zero-order valence-electron chi connectivity index (χ0n) is 15.2. The summed E-state index contributed by atoms with van der Waals surface area (Å²) in [4.78, 5) is 34.1. The summed E-state index contributed by atoms with van der Waals surface area (Å²) in [6.07, 6.45) is -1.30. The molecule has 0 spiro atoms. The van der Waals surface area contributed by atoms with Crippen molar-refractivity contribution in [3.8, 4) is 5.75 Å². The molecule has 0 unspecified atom stereocenters. The van der Waals surface area contributed by atoms with E-state index in [1.54, 1.807) is 25.1 Å². The molecule has 0 fully saturated rings. The number of carboxylic acids is 1. The van der Waals surface area contributed by atoms with E-state index in [0.717, 1.165) is 18.4 Å². The average Bonchev–Trinajstić information content (AvgIpc) is 2.58. The van der Waals surface area contributed by atoms with Gasteiger partial charge in [-0.05, 0) is 24.1 Å². The van der Waals surface area contributed by atoms with Gasteiger partial charge in [-0.2, -0.15) is 0 Å². The van der Waals surface area contributed by atoms with Crippen LogP contribution >= 0.6 is 0 Å². The fourth-order valence-electron chi connectivity index (χ4n) is 2.07. The standard InChI is InChI=1S/C18H25NO7/c1-4-7-13-8-6-9-14(10-13)26-15(17(21)22)11-19-18(23)25-12(3)24-16(20)5-2/h6,8-10,12,15H,4-5,7,11H2,1-3H3,(H,19,23)(H,21,22)/t12-,15-/m0/s1. The highest BCUT2D eigenvalue weighted by atomic mass is 16.7. The van der Waals surface area contributed by atoms with Gasteiger partial charge in [-0.3, -0.25) is 4.79 Å². The van der Waals surface area contributed by atoms with Crippen LogP contribution in [0.2, 0.25) is 0 Å². The zero-order valence-corrected chi connectivity index (χ0v) is 15.2. The monoisotopic (exact) mass is 367 g/mol. The molecule has 0 aliphatic carbocycles. The minimum atomic E-state index is -1.28. The molecule has 0 saturated carbocycles. The summed E-state index contributed by atoms with van der Waals surface area (Å²) in [6.45, 7) is 4.74. The number of amides is 1. The first-order chi connectivity index (χ1) is 12.3. The van der Waals surface area contributed by atoms with E-state index in [1.807, 2.05) is 13.0 Å². The first kappa shape index (κ1) is 21.3. The number of aliphatic carboxylic acids is 1. The van der Waals surface area contributed by atoms with Gasteiger partial charge in [0.1, 0.15) is 5.75 Å².